The molecule has 4 aromatic heterocycles. The molecule has 198 valence electrons. The number of benzene rings is 1. The molecule has 40 heavy (non-hydrogen) atoms. The predicted octanol–water partition coefficient (Wildman–Crippen LogP) is 5.01. The average Bonchev–Trinajstić information content (AvgIpc) is 3.62. The van der Waals surface area contributed by atoms with Crippen LogP contribution in [0.1, 0.15) is 11.4 Å². The Morgan fingerprint density at radius 1 is 1.02 bits per heavy atom. The molecule has 6 rings (SSSR count). The Labute approximate surface area is 229 Å². The zero-order chi connectivity index (χ0) is 27.5. The largest absolute Gasteiger partial charge is 0.378 e. The number of hydrogen-bond acceptors (Lipinski definition) is 7. The minimum atomic E-state index is -0.398. The highest BCUT2D eigenvalue weighted by atomic mass is 16.5. The summed E-state index contributed by atoms with van der Waals surface area (Å²) in [6.07, 6.45) is 4.85. The van der Waals surface area contributed by atoms with Crippen LogP contribution in [0.4, 0.5) is 22.1 Å². The van der Waals surface area contributed by atoms with E-state index in [1.54, 1.807) is 36.8 Å². The highest BCUT2D eigenvalue weighted by molar-refractivity contribution is 6.00. The Balaban J connectivity index is 1.14. The summed E-state index contributed by atoms with van der Waals surface area (Å²) in [5.41, 5.74) is 5.95. The summed E-state index contributed by atoms with van der Waals surface area (Å²) in [5, 5.41) is 15.6. The molecule has 11 heteroatoms. The lowest BCUT2D eigenvalue weighted by Crippen LogP contribution is -2.36. The molecule has 1 saturated heterocycles. The second kappa shape index (κ2) is 10.7. The Morgan fingerprint density at radius 3 is 2.55 bits per heavy atom. The van der Waals surface area contributed by atoms with E-state index in [4.69, 9.17) is 10.00 Å². The molecule has 2 amide bonds. The zero-order valence-corrected chi connectivity index (χ0v) is 21.4. The van der Waals surface area contributed by atoms with Crippen molar-refractivity contribution in [1.82, 2.24) is 24.9 Å². The van der Waals surface area contributed by atoms with Gasteiger partial charge < -0.3 is 24.9 Å². The van der Waals surface area contributed by atoms with E-state index >= 15 is 0 Å². The molecule has 0 atom stereocenters. The van der Waals surface area contributed by atoms with Gasteiger partial charge in [-0.3, -0.25) is 5.32 Å². The number of pyridine rings is 1. The van der Waals surface area contributed by atoms with Gasteiger partial charge in [-0.25, -0.2) is 19.7 Å². The van der Waals surface area contributed by atoms with E-state index in [2.05, 4.69) is 53.1 Å². The third kappa shape index (κ3) is 4.99. The molecule has 1 aliphatic rings. The van der Waals surface area contributed by atoms with Gasteiger partial charge in [-0.1, -0.05) is 18.7 Å². The van der Waals surface area contributed by atoms with Gasteiger partial charge in [0, 0.05) is 47.5 Å². The average molecular weight is 532 g/mol. The number of rotatable bonds is 6. The van der Waals surface area contributed by atoms with Crippen LogP contribution in [0.2, 0.25) is 0 Å². The van der Waals surface area contributed by atoms with E-state index in [1.165, 1.54) is 0 Å². The fourth-order valence-corrected chi connectivity index (χ4v) is 4.68. The smallest absolute Gasteiger partial charge is 0.324 e. The first-order valence-electron chi connectivity index (χ1n) is 12.7. The normalized spacial score (nSPS) is 13.1. The van der Waals surface area contributed by atoms with Crippen molar-refractivity contribution in [3.8, 4) is 28.5 Å². The minimum Gasteiger partial charge on any atom is -0.378 e. The first-order valence-corrected chi connectivity index (χ1v) is 12.7. The van der Waals surface area contributed by atoms with Crippen LogP contribution in [0.5, 0.6) is 0 Å². The quantitative estimate of drug-likeness (QED) is 0.241. The number of nitrogens with one attached hydrogen (secondary N) is 4. The summed E-state index contributed by atoms with van der Waals surface area (Å²) in [4.78, 5) is 34.5. The molecule has 0 aliphatic carbocycles. The fraction of sp³-hybridized carbons (Fsp3) is 0.138. The van der Waals surface area contributed by atoms with Crippen molar-refractivity contribution in [2.24, 2.45) is 0 Å². The Bertz CT molecular complexity index is 1720. The number of aromatic amines is 2. The van der Waals surface area contributed by atoms with E-state index in [1.807, 2.05) is 30.3 Å². The molecular weight excluding hydrogens is 506 g/mol. The van der Waals surface area contributed by atoms with Crippen molar-refractivity contribution >= 4 is 40.5 Å². The van der Waals surface area contributed by atoms with Gasteiger partial charge in [0.05, 0.1) is 18.6 Å². The van der Waals surface area contributed by atoms with Crippen LogP contribution in [-0.4, -0.2) is 57.3 Å². The van der Waals surface area contributed by atoms with Crippen molar-refractivity contribution in [2.75, 3.05) is 41.8 Å². The fourth-order valence-electron chi connectivity index (χ4n) is 4.68. The minimum absolute atomic E-state index is 0.333. The number of amides is 2. The number of hydrogen-bond donors (Lipinski definition) is 4. The maximum Gasteiger partial charge on any atom is 0.324 e. The Morgan fingerprint density at radius 2 is 1.82 bits per heavy atom. The molecular formula is C29H25N9O2. The lowest BCUT2D eigenvalue weighted by molar-refractivity contribution is 0.122. The number of ether oxygens (including phenoxy) is 1. The molecule has 0 spiro atoms. The van der Waals surface area contributed by atoms with Crippen LogP contribution < -0.4 is 15.5 Å². The molecule has 5 heterocycles. The molecule has 0 saturated carbocycles. The number of urea groups is 1. The number of carbonyl (C=O) groups is 1. The monoisotopic (exact) mass is 531 g/mol. The number of aromatic nitrogens is 5. The summed E-state index contributed by atoms with van der Waals surface area (Å²) in [7, 11) is 0. The van der Waals surface area contributed by atoms with Crippen LogP contribution in [0.15, 0.2) is 67.6 Å². The van der Waals surface area contributed by atoms with Crippen LogP contribution in [0.25, 0.3) is 39.5 Å². The summed E-state index contributed by atoms with van der Waals surface area (Å²) >= 11 is 0. The number of nitriles is 1. The first-order chi connectivity index (χ1) is 19.6. The van der Waals surface area contributed by atoms with Gasteiger partial charge in [0.1, 0.15) is 35.4 Å². The van der Waals surface area contributed by atoms with Gasteiger partial charge in [0.2, 0.25) is 0 Å². The van der Waals surface area contributed by atoms with E-state index < -0.39 is 6.03 Å². The highest BCUT2D eigenvalue weighted by Crippen LogP contribution is 2.30. The third-order valence-electron chi connectivity index (χ3n) is 6.66. The van der Waals surface area contributed by atoms with Crippen LogP contribution in [0, 0.1) is 11.3 Å². The number of anilines is 3. The zero-order valence-electron chi connectivity index (χ0n) is 21.4. The highest BCUT2D eigenvalue weighted by Gasteiger charge is 2.18. The third-order valence-corrected chi connectivity index (χ3v) is 6.66. The molecule has 0 unspecified atom stereocenters. The van der Waals surface area contributed by atoms with E-state index in [0.717, 1.165) is 58.0 Å². The topological polar surface area (TPSA) is 148 Å². The lowest BCUT2D eigenvalue weighted by atomic mass is 10.1. The number of morpholine rings is 1. The van der Waals surface area contributed by atoms with E-state index in [0.29, 0.717) is 30.4 Å². The standard InChI is InChI=1S/C29H25N9O2/c1-2-24-22(19-5-8-21(15-30)31-16-19)14-26(35-24)37-29(39)34-20-6-3-18(4-7-20)25-13-23-27(36-25)32-17-33-28(23)38-9-11-40-12-10-38/h2-8,13-14,16-17,35H,1,9-12H2,(H,32,33,36)(H2,34,37,39). The summed E-state index contributed by atoms with van der Waals surface area (Å²) < 4.78 is 5.47. The van der Waals surface area contributed by atoms with Gasteiger partial charge >= 0.3 is 6.03 Å². The molecule has 4 N–H and O–H groups in total. The van der Waals surface area contributed by atoms with Gasteiger partial charge in [-0.05, 0) is 48.0 Å². The van der Waals surface area contributed by atoms with Gasteiger partial charge in [0.25, 0.3) is 0 Å². The molecule has 5 aromatic rings. The van der Waals surface area contributed by atoms with Crippen molar-refractivity contribution < 1.29 is 9.53 Å². The number of carbonyl (C=O) groups excluding carboxylic acids is 1. The van der Waals surface area contributed by atoms with Crippen molar-refractivity contribution in [3.63, 3.8) is 0 Å². The van der Waals surface area contributed by atoms with Crippen molar-refractivity contribution in [2.45, 2.75) is 0 Å². The molecule has 0 radical (unpaired) electrons. The van der Waals surface area contributed by atoms with Crippen LogP contribution in [-0.2, 0) is 4.74 Å². The Kier molecular flexibility index (Phi) is 6.66. The van der Waals surface area contributed by atoms with Gasteiger partial charge in [0.15, 0.2) is 0 Å². The van der Waals surface area contributed by atoms with Crippen molar-refractivity contribution in [3.05, 3.63) is 79.0 Å². The second-order valence-electron chi connectivity index (χ2n) is 9.16. The summed E-state index contributed by atoms with van der Waals surface area (Å²) in [6.45, 7) is 6.78. The van der Waals surface area contributed by atoms with E-state index in [9.17, 15) is 4.79 Å². The van der Waals surface area contributed by atoms with Crippen molar-refractivity contribution in [1.29, 1.82) is 5.26 Å². The maximum atomic E-state index is 12.7. The number of fused-ring (bicyclic) bond motifs is 1. The summed E-state index contributed by atoms with van der Waals surface area (Å²) in [6, 6.07) is 16.5. The molecule has 11 nitrogen and oxygen atoms in total. The summed E-state index contributed by atoms with van der Waals surface area (Å²) in [5.74, 6) is 1.40. The number of H-pyrrole nitrogens is 2. The van der Waals surface area contributed by atoms with Gasteiger partial charge in [-0.2, -0.15) is 5.26 Å². The maximum absolute atomic E-state index is 12.7. The van der Waals surface area contributed by atoms with E-state index in [-0.39, 0.29) is 0 Å². The first kappa shape index (κ1) is 24.8. The van der Waals surface area contributed by atoms with Crippen LogP contribution >= 0.6 is 0 Å². The number of nitrogens with zero attached hydrogens (tertiary/aromatic N) is 5. The van der Waals surface area contributed by atoms with Crippen LogP contribution in [0.3, 0.4) is 0 Å². The predicted molar refractivity (Wildman–Crippen MR) is 154 cm³/mol. The lowest BCUT2D eigenvalue weighted by Gasteiger charge is -2.27. The molecule has 1 aliphatic heterocycles. The Hall–Kier alpha value is -5.47. The SMILES string of the molecule is C=Cc1[nH]c(NC(=O)Nc2ccc(-c3cc4c(N5CCOCC5)ncnc4[nH]3)cc2)cc1-c1ccc(C#N)nc1. The van der Waals surface area contributed by atoms with Gasteiger partial charge in [-0.15, -0.1) is 0 Å². The molecule has 1 fully saturated rings. The molecule has 0 bridgehead atoms. The molecule has 1 aromatic carbocycles. The second-order valence-corrected chi connectivity index (χ2v) is 9.16.